The van der Waals surface area contributed by atoms with Crippen molar-refractivity contribution >= 4 is 5.91 Å². The molecule has 4 heteroatoms. The smallest absolute Gasteiger partial charge is 0.225 e. The quantitative estimate of drug-likeness (QED) is 0.909. The highest BCUT2D eigenvalue weighted by Gasteiger charge is 2.33. The second-order valence-corrected chi connectivity index (χ2v) is 6.70. The van der Waals surface area contributed by atoms with Gasteiger partial charge < -0.3 is 10.0 Å². The number of aliphatic hydroxyl groups excluding tert-OH is 1. The van der Waals surface area contributed by atoms with E-state index in [2.05, 4.69) is 36.2 Å². The number of aliphatic hydroxyl groups is 1. The van der Waals surface area contributed by atoms with Crippen molar-refractivity contribution in [2.45, 2.75) is 37.8 Å². The van der Waals surface area contributed by atoms with Gasteiger partial charge in [0.15, 0.2) is 0 Å². The number of amides is 1. The van der Waals surface area contributed by atoms with Crippen LogP contribution in [-0.2, 0) is 4.79 Å². The Labute approximate surface area is 132 Å². The molecule has 1 saturated heterocycles. The Kier molecular flexibility index (Phi) is 4.79. The summed E-state index contributed by atoms with van der Waals surface area (Å²) in [6.45, 7) is 2.51. The first-order valence-electron chi connectivity index (χ1n) is 8.37. The summed E-state index contributed by atoms with van der Waals surface area (Å²) in [5.74, 6) is 0.407. The van der Waals surface area contributed by atoms with Gasteiger partial charge >= 0.3 is 0 Å². The monoisotopic (exact) mass is 302 g/mol. The third-order valence-electron chi connectivity index (χ3n) is 5.19. The predicted molar refractivity (Wildman–Crippen MR) is 86.4 cm³/mol. The van der Waals surface area contributed by atoms with Gasteiger partial charge in [0.2, 0.25) is 5.91 Å². The number of carbonyl (C=O) groups is 1. The molecule has 4 nitrogen and oxygen atoms in total. The van der Waals surface area contributed by atoms with E-state index in [1.54, 1.807) is 0 Å². The van der Waals surface area contributed by atoms with Crippen LogP contribution in [0.1, 0.15) is 37.3 Å². The van der Waals surface area contributed by atoms with Gasteiger partial charge in [-0.1, -0.05) is 30.3 Å². The molecule has 1 aliphatic carbocycles. The van der Waals surface area contributed by atoms with Crippen LogP contribution in [0.5, 0.6) is 0 Å². The van der Waals surface area contributed by atoms with Gasteiger partial charge in [-0.25, -0.2) is 0 Å². The van der Waals surface area contributed by atoms with E-state index in [-0.39, 0.29) is 18.1 Å². The molecule has 1 unspecified atom stereocenters. The van der Waals surface area contributed by atoms with Crippen molar-refractivity contribution in [3.05, 3.63) is 35.9 Å². The molecule has 0 bridgehead atoms. The van der Waals surface area contributed by atoms with Gasteiger partial charge in [-0.2, -0.15) is 0 Å². The molecule has 1 N–H and O–H groups in total. The lowest BCUT2D eigenvalue weighted by Crippen LogP contribution is -2.51. The first-order chi connectivity index (χ1) is 10.6. The van der Waals surface area contributed by atoms with Gasteiger partial charge in [0.05, 0.1) is 12.1 Å². The molecule has 0 aromatic heterocycles. The topological polar surface area (TPSA) is 43.8 Å². The van der Waals surface area contributed by atoms with E-state index in [0.717, 1.165) is 45.3 Å². The lowest BCUT2D eigenvalue weighted by molar-refractivity contribution is -0.140. The van der Waals surface area contributed by atoms with E-state index >= 15 is 0 Å². The van der Waals surface area contributed by atoms with Gasteiger partial charge in [-0.3, -0.25) is 9.69 Å². The van der Waals surface area contributed by atoms with Gasteiger partial charge in [-0.05, 0) is 38.3 Å². The van der Waals surface area contributed by atoms with Crippen molar-refractivity contribution in [2.75, 3.05) is 26.7 Å². The number of carbonyl (C=O) groups excluding carboxylic acids is 1. The Morgan fingerprint density at radius 1 is 1.09 bits per heavy atom. The average molecular weight is 302 g/mol. The molecule has 1 atom stereocenters. The van der Waals surface area contributed by atoms with Crippen molar-refractivity contribution in [1.82, 2.24) is 9.80 Å². The van der Waals surface area contributed by atoms with Crippen molar-refractivity contribution < 1.29 is 9.90 Å². The van der Waals surface area contributed by atoms with Crippen LogP contribution in [0, 0.1) is 5.92 Å². The molecular weight excluding hydrogens is 276 g/mol. The molecule has 1 heterocycles. The average Bonchev–Trinajstić information content (AvgIpc) is 2.56. The highest BCUT2D eigenvalue weighted by atomic mass is 16.3. The van der Waals surface area contributed by atoms with Crippen LogP contribution < -0.4 is 0 Å². The zero-order chi connectivity index (χ0) is 15.5. The first kappa shape index (κ1) is 15.5. The Bertz CT molecular complexity index is 497. The van der Waals surface area contributed by atoms with Gasteiger partial charge in [0.1, 0.15) is 0 Å². The van der Waals surface area contributed by atoms with Crippen LogP contribution in [-0.4, -0.2) is 53.6 Å². The van der Waals surface area contributed by atoms with Crippen LogP contribution in [0.15, 0.2) is 30.3 Å². The van der Waals surface area contributed by atoms with Crippen molar-refractivity contribution in [3.63, 3.8) is 0 Å². The standard InChI is InChI=1S/C18H26N2O2/c1-19-11-12-20(13-17(19)14-5-3-2-4-6-14)18(22)15-7-9-16(21)10-8-15/h2-6,15-17,21H,7-13H2,1H3. The summed E-state index contributed by atoms with van der Waals surface area (Å²) in [5, 5.41) is 9.61. The number of nitrogens with zero attached hydrogens (tertiary/aromatic N) is 2. The summed E-state index contributed by atoms with van der Waals surface area (Å²) in [4.78, 5) is 17.1. The third kappa shape index (κ3) is 3.33. The number of likely N-dealkylation sites (N-methyl/N-ethyl adjacent to an activating group) is 1. The van der Waals surface area contributed by atoms with Crippen molar-refractivity contribution in [3.8, 4) is 0 Å². The SMILES string of the molecule is CN1CCN(C(=O)C2CCC(O)CC2)CC1c1ccccc1. The molecular formula is C18H26N2O2. The maximum Gasteiger partial charge on any atom is 0.225 e. The van der Waals surface area contributed by atoms with Crippen LogP contribution in [0.4, 0.5) is 0 Å². The van der Waals surface area contributed by atoms with E-state index < -0.39 is 0 Å². The summed E-state index contributed by atoms with van der Waals surface area (Å²) in [6, 6.07) is 10.7. The molecule has 1 aromatic carbocycles. The lowest BCUT2D eigenvalue weighted by Gasteiger charge is -2.41. The molecule has 3 rings (SSSR count). The van der Waals surface area contributed by atoms with Crippen molar-refractivity contribution in [1.29, 1.82) is 0 Å². The number of piperazine rings is 1. The molecule has 1 aliphatic heterocycles. The molecule has 1 amide bonds. The summed E-state index contributed by atoms with van der Waals surface area (Å²) in [7, 11) is 2.14. The normalized spacial score (nSPS) is 30.3. The Morgan fingerprint density at radius 3 is 2.45 bits per heavy atom. The zero-order valence-electron chi connectivity index (χ0n) is 13.3. The van der Waals surface area contributed by atoms with E-state index in [4.69, 9.17) is 0 Å². The number of rotatable bonds is 2. The fraction of sp³-hybridized carbons (Fsp3) is 0.611. The minimum atomic E-state index is -0.200. The summed E-state index contributed by atoms with van der Waals surface area (Å²) >= 11 is 0. The molecule has 1 aromatic rings. The first-order valence-corrected chi connectivity index (χ1v) is 8.37. The van der Waals surface area contributed by atoms with E-state index in [9.17, 15) is 9.90 Å². The fourth-order valence-electron chi connectivity index (χ4n) is 3.69. The van der Waals surface area contributed by atoms with Crippen LogP contribution >= 0.6 is 0 Å². The minimum Gasteiger partial charge on any atom is -0.393 e. The Morgan fingerprint density at radius 2 is 1.77 bits per heavy atom. The number of hydrogen-bond acceptors (Lipinski definition) is 3. The highest BCUT2D eigenvalue weighted by molar-refractivity contribution is 5.79. The molecule has 120 valence electrons. The predicted octanol–water partition coefficient (Wildman–Crippen LogP) is 2.05. The summed E-state index contributed by atoms with van der Waals surface area (Å²) in [6.07, 6.45) is 3.01. The fourth-order valence-corrected chi connectivity index (χ4v) is 3.69. The van der Waals surface area contributed by atoms with E-state index in [0.29, 0.717) is 5.91 Å². The second kappa shape index (κ2) is 6.80. The number of benzene rings is 1. The molecule has 0 radical (unpaired) electrons. The highest BCUT2D eigenvalue weighted by Crippen LogP contribution is 2.29. The summed E-state index contributed by atoms with van der Waals surface area (Å²) in [5.41, 5.74) is 1.28. The lowest BCUT2D eigenvalue weighted by atomic mass is 9.86. The zero-order valence-corrected chi connectivity index (χ0v) is 13.3. The van der Waals surface area contributed by atoms with E-state index in [1.807, 2.05) is 11.0 Å². The molecule has 1 saturated carbocycles. The molecule has 2 fully saturated rings. The van der Waals surface area contributed by atoms with Gasteiger partial charge in [-0.15, -0.1) is 0 Å². The maximum absolute atomic E-state index is 12.8. The number of hydrogen-bond donors (Lipinski definition) is 1. The van der Waals surface area contributed by atoms with Crippen molar-refractivity contribution in [2.24, 2.45) is 5.92 Å². The third-order valence-corrected chi connectivity index (χ3v) is 5.19. The van der Waals surface area contributed by atoms with Crippen LogP contribution in [0.25, 0.3) is 0 Å². The molecule has 22 heavy (non-hydrogen) atoms. The molecule has 0 spiro atoms. The second-order valence-electron chi connectivity index (χ2n) is 6.70. The van der Waals surface area contributed by atoms with Crippen LogP contribution in [0.2, 0.25) is 0 Å². The van der Waals surface area contributed by atoms with Crippen LogP contribution in [0.3, 0.4) is 0 Å². The molecule has 2 aliphatic rings. The Hall–Kier alpha value is -1.39. The largest absolute Gasteiger partial charge is 0.393 e. The van der Waals surface area contributed by atoms with Gasteiger partial charge in [0.25, 0.3) is 0 Å². The minimum absolute atomic E-state index is 0.114. The van der Waals surface area contributed by atoms with E-state index in [1.165, 1.54) is 5.56 Å². The Balaban J connectivity index is 1.66. The van der Waals surface area contributed by atoms with Gasteiger partial charge in [0, 0.05) is 25.6 Å². The summed E-state index contributed by atoms with van der Waals surface area (Å²) < 4.78 is 0. The maximum atomic E-state index is 12.8.